The number of benzene rings is 1. The number of halogens is 1. The first-order valence-electron chi connectivity index (χ1n) is 4.98. The Morgan fingerprint density at radius 1 is 1.50 bits per heavy atom. The second-order valence-electron chi connectivity index (χ2n) is 3.39. The Kier molecular flexibility index (Phi) is 4.68. The van der Waals surface area contributed by atoms with E-state index in [0.717, 1.165) is 21.9 Å². The van der Waals surface area contributed by atoms with E-state index in [1.807, 2.05) is 6.92 Å². The lowest BCUT2D eigenvalue weighted by Crippen LogP contribution is -2.09. The van der Waals surface area contributed by atoms with Crippen LogP contribution in [0.25, 0.3) is 0 Å². The Labute approximate surface area is 103 Å². The number of hydrogen-bond donors (Lipinski definition) is 0. The highest BCUT2D eigenvalue weighted by Gasteiger charge is 2.10. The van der Waals surface area contributed by atoms with Gasteiger partial charge in [-0.05, 0) is 37.1 Å². The predicted molar refractivity (Wildman–Crippen MR) is 64.6 cm³/mol. The molecule has 0 spiro atoms. The minimum absolute atomic E-state index is 0.194. The van der Waals surface area contributed by atoms with Crippen LogP contribution in [0.15, 0.2) is 16.6 Å². The Morgan fingerprint density at radius 3 is 2.75 bits per heavy atom. The van der Waals surface area contributed by atoms with Crippen molar-refractivity contribution in [2.45, 2.75) is 20.3 Å². The first-order valence-corrected chi connectivity index (χ1v) is 5.77. The van der Waals surface area contributed by atoms with Crippen molar-refractivity contribution in [2.24, 2.45) is 0 Å². The molecule has 1 aromatic carbocycles. The summed E-state index contributed by atoms with van der Waals surface area (Å²) in [6.07, 6.45) is 0.957. The van der Waals surface area contributed by atoms with Crippen LogP contribution in [0.2, 0.25) is 0 Å². The second kappa shape index (κ2) is 5.80. The zero-order valence-corrected chi connectivity index (χ0v) is 10.8. The molecule has 0 bridgehead atoms. The number of esters is 1. The van der Waals surface area contributed by atoms with E-state index in [1.54, 1.807) is 19.1 Å². The number of carbonyl (C=O) groups excluding carboxylic acids is 2. The van der Waals surface area contributed by atoms with E-state index < -0.39 is 0 Å². The predicted octanol–water partition coefficient (Wildman–Crippen LogP) is 2.68. The van der Waals surface area contributed by atoms with Crippen molar-refractivity contribution in [2.75, 3.05) is 6.61 Å². The average molecular weight is 285 g/mol. The Hall–Kier alpha value is -1.16. The standard InChI is InChI=1S/C12H13BrO3/c1-3-16-12(15)6-10-4-9(7-14)5-11(13)8(10)2/h4-5,7H,3,6H2,1-2H3. The molecule has 3 nitrogen and oxygen atoms in total. The molecular formula is C12H13BrO3. The normalized spacial score (nSPS) is 9.94. The molecule has 0 unspecified atom stereocenters. The van der Waals surface area contributed by atoms with E-state index in [4.69, 9.17) is 4.74 Å². The summed E-state index contributed by atoms with van der Waals surface area (Å²) in [6, 6.07) is 3.45. The molecule has 0 heterocycles. The van der Waals surface area contributed by atoms with Gasteiger partial charge in [-0.2, -0.15) is 0 Å². The molecule has 1 aromatic rings. The Morgan fingerprint density at radius 2 is 2.19 bits per heavy atom. The van der Waals surface area contributed by atoms with Crippen LogP contribution in [0.5, 0.6) is 0 Å². The number of ether oxygens (including phenoxy) is 1. The maximum absolute atomic E-state index is 11.3. The summed E-state index contributed by atoms with van der Waals surface area (Å²) in [4.78, 5) is 22.0. The van der Waals surface area contributed by atoms with Crippen molar-refractivity contribution >= 4 is 28.2 Å². The molecule has 0 N–H and O–H groups in total. The van der Waals surface area contributed by atoms with Gasteiger partial charge in [-0.3, -0.25) is 9.59 Å². The number of carbonyl (C=O) groups is 2. The van der Waals surface area contributed by atoms with E-state index in [9.17, 15) is 9.59 Å². The minimum atomic E-state index is -0.277. The molecular weight excluding hydrogens is 272 g/mol. The van der Waals surface area contributed by atoms with Crippen LogP contribution in [0.1, 0.15) is 28.4 Å². The van der Waals surface area contributed by atoms with Crippen LogP contribution in [0.3, 0.4) is 0 Å². The smallest absolute Gasteiger partial charge is 0.310 e. The second-order valence-corrected chi connectivity index (χ2v) is 4.24. The average Bonchev–Trinajstić information content (AvgIpc) is 2.24. The molecule has 16 heavy (non-hydrogen) atoms. The SMILES string of the molecule is CCOC(=O)Cc1cc(C=O)cc(Br)c1C. The third kappa shape index (κ3) is 3.17. The van der Waals surface area contributed by atoms with Crippen LogP contribution in [0.4, 0.5) is 0 Å². The fraction of sp³-hybridized carbons (Fsp3) is 0.333. The van der Waals surface area contributed by atoms with Gasteiger partial charge in [0.25, 0.3) is 0 Å². The van der Waals surface area contributed by atoms with Crippen LogP contribution < -0.4 is 0 Å². The van der Waals surface area contributed by atoms with Gasteiger partial charge in [0.15, 0.2) is 0 Å². The molecule has 0 aromatic heterocycles. The van der Waals surface area contributed by atoms with Crippen LogP contribution in [-0.4, -0.2) is 18.9 Å². The van der Waals surface area contributed by atoms with E-state index >= 15 is 0 Å². The monoisotopic (exact) mass is 284 g/mol. The fourth-order valence-electron chi connectivity index (χ4n) is 1.38. The van der Waals surface area contributed by atoms with Crippen molar-refractivity contribution < 1.29 is 14.3 Å². The van der Waals surface area contributed by atoms with E-state index in [2.05, 4.69) is 15.9 Å². The molecule has 4 heteroatoms. The van der Waals surface area contributed by atoms with Gasteiger partial charge in [-0.15, -0.1) is 0 Å². The molecule has 1 rings (SSSR count). The summed E-state index contributed by atoms with van der Waals surface area (Å²) in [5.41, 5.74) is 2.32. The van der Waals surface area contributed by atoms with Crippen molar-refractivity contribution in [1.29, 1.82) is 0 Å². The largest absolute Gasteiger partial charge is 0.466 e. The van der Waals surface area contributed by atoms with Gasteiger partial charge in [0.2, 0.25) is 0 Å². The molecule has 0 saturated heterocycles. The van der Waals surface area contributed by atoms with Gasteiger partial charge in [0.1, 0.15) is 6.29 Å². The maximum atomic E-state index is 11.3. The molecule has 86 valence electrons. The lowest BCUT2D eigenvalue weighted by molar-refractivity contribution is -0.142. The molecule has 0 radical (unpaired) electrons. The zero-order valence-electron chi connectivity index (χ0n) is 9.25. The molecule has 0 aliphatic heterocycles. The summed E-state index contributed by atoms with van der Waals surface area (Å²) in [6.45, 7) is 4.03. The number of aldehydes is 1. The van der Waals surface area contributed by atoms with Gasteiger partial charge in [-0.1, -0.05) is 15.9 Å². The van der Waals surface area contributed by atoms with E-state index in [1.165, 1.54) is 0 Å². The van der Waals surface area contributed by atoms with E-state index in [-0.39, 0.29) is 12.4 Å². The number of hydrogen-bond acceptors (Lipinski definition) is 3. The van der Waals surface area contributed by atoms with E-state index in [0.29, 0.717) is 12.2 Å². The number of rotatable bonds is 4. The van der Waals surface area contributed by atoms with Crippen molar-refractivity contribution in [1.82, 2.24) is 0 Å². The van der Waals surface area contributed by atoms with Crippen molar-refractivity contribution in [3.05, 3.63) is 33.3 Å². The molecule has 0 amide bonds. The highest BCUT2D eigenvalue weighted by molar-refractivity contribution is 9.10. The zero-order chi connectivity index (χ0) is 12.1. The third-order valence-corrected chi connectivity index (χ3v) is 3.07. The van der Waals surface area contributed by atoms with Gasteiger partial charge in [0.05, 0.1) is 13.0 Å². The summed E-state index contributed by atoms with van der Waals surface area (Å²) >= 11 is 3.36. The van der Waals surface area contributed by atoms with Gasteiger partial charge < -0.3 is 4.74 Å². The topological polar surface area (TPSA) is 43.4 Å². The highest BCUT2D eigenvalue weighted by Crippen LogP contribution is 2.22. The molecule has 0 aliphatic carbocycles. The summed E-state index contributed by atoms with van der Waals surface area (Å²) < 4.78 is 5.70. The maximum Gasteiger partial charge on any atom is 0.310 e. The van der Waals surface area contributed by atoms with Gasteiger partial charge in [0, 0.05) is 10.0 Å². The summed E-state index contributed by atoms with van der Waals surface area (Å²) in [5.74, 6) is -0.277. The molecule has 0 fully saturated rings. The van der Waals surface area contributed by atoms with Crippen LogP contribution in [0, 0.1) is 6.92 Å². The third-order valence-electron chi connectivity index (χ3n) is 2.25. The highest BCUT2D eigenvalue weighted by atomic mass is 79.9. The fourth-order valence-corrected chi connectivity index (χ4v) is 1.90. The lowest BCUT2D eigenvalue weighted by atomic mass is 10.0. The molecule has 0 atom stereocenters. The Balaban J connectivity index is 2.98. The summed E-state index contributed by atoms with van der Waals surface area (Å²) in [7, 11) is 0. The quantitative estimate of drug-likeness (QED) is 0.631. The Bertz CT molecular complexity index is 413. The van der Waals surface area contributed by atoms with Crippen LogP contribution >= 0.6 is 15.9 Å². The van der Waals surface area contributed by atoms with Crippen molar-refractivity contribution in [3.63, 3.8) is 0 Å². The molecule has 0 saturated carbocycles. The van der Waals surface area contributed by atoms with Crippen LogP contribution in [-0.2, 0) is 16.0 Å². The minimum Gasteiger partial charge on any atom is -0.466 e. The molecule has 0 aliphatic rings. The van der Waals surface area contributed by atoms with Crippen molar-refractivity contribution in [3.8, 4) is 0 Å². The first kappa shape index (κ1) is 12.9. The summed E-state index contributed by atoms with van der Waals surface area (Å²) in [5, 5.41) is 0. The van der Waals surface area contributed by atoms with Gasteiger partial charge in [-0.25, -0.2) is 0 Å². The first-order chi connectivity index (χ1) is 7.58. The van der Waals surface area contributed by atoms with Gasteiger partial charge >= 0.3 is 5.97 Å². The lowest BCUT2D eigenvalue weighted by Gasteiger charge is -2.08.